The molecule has 9 nitrogen and oxygen atoms in total. The van der Waals surface area contributed by atoms with Crippen LogP contribution in [0.5, 0.6) is 5.75 Å². The maximum atomic E-state index is 13.0. The van der Waals surface area contributed by atoms with Crippen molar-refractivity contribution >= 4 is 41.6 Å². The number of imide groups is 1. The van der Waals surface area contributed by atoms with Gasteiger partial charge >= 0.3 is 24.1 Å². The summed E-state index contributed by atoms with van der Waals surface area (Å²) in [7, 11) is 1.17. The number of alkyl halides is 3. The van der Waals surface area contributed by atoms with E-state index in [2.05, 4.69) is 10.1 Å². The summed E-state index contributed by atoms with van der Waals surface area (Å²) < 4.78 is 54.1. The van der Waals surface area contributed by atoms with Gasteiger partial charge in [-0.25, -0.2) is 14.4 Å². The van der Waals surface area contributed by atoms with Crippen LogP contribution in [0.4, 0.5) is 18.0 Å². The van der Waals surface area contributed by atoms with E-state index in [-0.39, 0.29) is 45.7 Å². The standard InChI is InChI=1S/C25H16ClF3N2O7/c1-36-23(34)20-8-6-17(37-20)12-31-21(32)18(30-24(31)35)11-14-10-16(26)5-7-19(14)38-22(33)13-3-2-4-15(9-13)25(27,28)29/h2-11H,12H2,1H3,(H,30,35)/b18-11-. The van der Waals surface area contributed by atoms with Crippen LogP contribution in [0, 0.1) is 0 Å². The molecule has 0 atom stereocenters. The molecule has 13 heteroatoms. The molecular weight excluding hydrogens is 533 g/mol. The molecule has 1 fully saturated rings. The number of halogens is 4. The van der Waals surface area contributed by atoms with Crippen molar-refractivity contribution in [3.8, 4) is 5.75 Å². The van der Waals surface area contributed by atoms with Gasteiger partial charge in [-0.1, -0.05) is 17.7 Å². The Hall–Kier alpha value is -4.58. The van der Waals surface area contributed by atoms with Crippen molar-refractivity contribution < 1.29 is 46.2 Å². The van der Waals surface area contributed by atoms with E-state index in [1.54, 1.807) is 0 Å². The lowest BCUT2D eigenvalue weighted by atomic mass is 10.1. The smallest absolute Gasteiger partial charge is 0.416 e. The van der Waals surface area contributed by atoms with E-state index in [1.165, 1.54) is 43.5 Å². The molecule has 196 valence electrons. The zero-order valence-corrected chi connectivity index (χ0v) is 20.1. The Balaban J connectivity index is 1.56. The Morgan fingerprint density at radius 2 is 1.84 bits per heavy atom. The number of hydrogen-bond donors (Lipinski definition) is 1. The number of nitrogens with zero attached hydrogens (tertiary/aromatic N) is 1. The zero-order valence-electron chi connectivity index (χ0n) is 19.3. The molecule has 0 unspecified atom stereocenters. The fraction of sp³-hybridized carbons (Fsp3) is 0.120. The molecule has 1 aromatic heterocycles. The lowest BCUT2D eigenvalue weighted by molar-refractivity contribution is -0.137. The lowest BCUT2D eigenvalue weighted by Gasteiger charge is -2.11. The Morgan fingerprint density at radius 3 is 2.55 bits per heavy atom. The molecule has 0 radical (unpaired) electrons. The van der Waals surface area contributed by atoms with Crippen molar-refractivity contribution in [3.05, 3.63) is 93.5 Å². The van der Waals surface area contributed by atoms with Gasteiger partial charge < -0.3 is 19.2 Å². The van der Waals surface area contributed by atoms with E-state index in [0.717, 1.165) is 23.1 Å². The fourth-order valence-corrected chi connectivity index (χ4v) is 3.59. The second-order valence-electron chi connectivity index (χ2n) is 7.79. The molecular formula is C25H16ClF3N2O7. The van der Waals surface area contributed by atoms with Crippen molar-refractivity contribution in [1.82, 2.24) is 10.2 Å². The first-order valence-corrected chi connectivity index (χ1v) is 11.0. The third-order valence-corrected chi connectivity index (χ3v) is 5.46. The van der Waals surface area contributed by atoms with Crippen LogP contribution >= 0.6 is 11.6 Å². The van der Waals surface area contributed by atoms with Gasteiger partial charge in [0.15, 0.2) is 0 Å². The number of carbonyl (C=O) groups is 4. The number of nitrogens with one attached hydrogen (secondary N) is 1. The number of ether oxygens (including phenoxy) is 2. The number of methoxy groups -OCH3 is 1. The van der Waals surface area contributed by atoms with Crippen LogP contribution in [-0.4, -0.2) is 35.9 Å². The molecule has 1 N–H and O–H groups in total. The van der Waals surface area contributed by atoms with Gasteiger partial charge in [-0.05, 0) is 54.6 Å². The van der Waals surface area contributed by atoms with Crippen LogP contribution in [0.25, 0.3) is 6.08 Å². The summed E-state index contributed by atoms with van der Waals surface area (Å²) >= 11 is 6.04. The first kappa shape index (κ1) is 26.5. The van der Waals surface area contributed by atoms with E-state index in [9.17, 15) is 32.3 Å². The number of furan rings is 1. The molecule has 0 aliphatic carbocycles. The van der Waals surface area contributed by atoms with Gasteiger partial charge in [0.2, 0.25) is 5.76 Å². The average molecular weight is 549 g/mol. The summed E-state index contributed by atoms with van der Waals surface area (Å²) in [5.74, 6) is -2.69. The van der Waals surface area contributed by atoms with Crippen LogP contribution < -0.4 is 10.1 Å². The lowest BCUT2D eigenvalue weighted by Crippen LogP contribution is -2.30. The molecule has 0 saturated carbocycles. The number of esters is 2. The SMILES string of the molecule is COC(=O)c1ccc(CN2C(=O)N/C(=C\c3cc(Cl)ccc3OC(=O)c3cccc(C(F)(F)F)c3)C2=O)o1. The Bertz CT molecular complexity index is 1480. The predicted molar refractivity (Wildman–Crippen MR) is 125 cm³/mol. The van der Waals surface area contributed by atoms with E-state index in [1.807, 2.05) is 0 Å². The van der Waals surface area contributed by atoms with Crippen LogP contribution in [0.15, 0.2) is 64.7 Å². The number of carbonyl (C=O) groups excluding carboxylic acids is 4. The summed E-state index contributed by atoms with van der Waals surface area (Å²) in [4.78, 5) is 50.3. The average Bonchev–Trinajstić information content (AvgIpc) is 3.45. The van der Waals surface area contributed by atoms with Crippen molar-refractivity contribution in [2.24, 2.45) is 0 Å². The van der Waals surface area contributed by atoms with Gasteiger partial charge in [0.1, 0.15) is 17.2 Å². The van der Waals surface area contributed by atoms with E-state index < -0.39 is 35.6 Å². The van der Waals surface area contributed by atoms with Gasteiger partial charge in [0, 0.05) is 10.6 Å². The Kier molecular flexibility index (Phi) is 7.26. The molecule has 3 aromatic rings. The molecule has 4 rings (SSSR count). The molecule has 2 aromatic carbocycles. The van der Waals surface area contributed by atoms with E-state index in [4.69, 9.17) is 20.8 Å². The number of urea groups is 1. The van der Waals surface area contributed by atoms with Gasteiger partial charge in [-0.15, -0.1) is 0 Å². The van der Waals surface area contributed by atoms with Crippen LogP contribution in [0.3, 0.4) is 0 Å². The highest BCUT2D eigenvalue weighted by molar-refractivity contribution is 6.30. The zero-order chi connectivity index (χ0) is 27.6. The fourth-order valence-electron chi connectivity index (χ4n) is 3.41. The first-order chi connectivity index (χ1) is 18.0. The number of benzene rings is 2. The molecule has 1 saturated heterocycles. The predicted octanol–water partition coefficient (Wildman–Crippen LogP) is 5.05. The van der Waals surface area contributed by atoms with Crippen molar-refractivity contribution in [2.75, 3.05) is 7.11 Å². The Morgan fingerprint density at radius 1 is 1.08 bits per heavy atom. The third-order valence-electron chi connectivity index (χ3n) is 5.22. The minimum absolute atomic E-state index is 0.0919. The minimum atomic E-state index is -4.66. The maximum absolute atomic E-state index is 13.0. The molecule has 0 bridgehead atoms. The first-order valence-electron chi connectivity index (χ1n) is 10.7. The minimum Gasteiger partial charge on any atom is -0.463 e. The van der Waals surface area contributed by atoms with E-state index >= 15 is 0 Å². The molecule has 38 heavy (non-hydrogen) atoms. The summed E-state index contributed by atoms with van der Waals surface area (Å²) in [5.41, 5.74) is -1.49. The van der Waals surface area contributed by atoms with Crippen LogP contribution in [0.2, 0.25) is 5.02 Å². The monoisotopic (exact) mass is 548 g/mol. The molecule has 0 spiro atoms. The molecule has 1 aliphatic rings. The van der Waals surface area contributed by atoms with Gasteiger partial charge in [-0.2, -0.15) is 13.2 Å². The maximum Gasteiger partial charge on any atom is 0.416 e. The van der Waals surface area contributed by atoms with Gasteiger partial charge in [-0.3, -0.25) is 9.69 Å². The van der Waals surface area contributed by atoms with Crippen molar-refractivity contribution in [3.63, 3.8) is 0 Å². The summed E-state index contributed by atoms with van der Waals surface area (Å²) in [5, 5.41) is 2.57. The number of rotatable bonds is 6. The quantitative estimate of drug-likeness (QED) is 0.198. The summed E-state index contributed by atoms with van der Waals surface area (Å²) in [6.07, 6.45) is -3.46. The largest absolute Gasteiger partial charge is 0.463 e. The second-order valence-corrected chi connectivity index (χ2v) is 8.22. The topological polar surface area (TPSA) is 115 Å². The molecule has 3 amide bonds. The van der Waals surface area contributed by atoms with Gasteiger partial charge in [0.05, 0.1) is 24.8 Å². The van der Waals surface area contributed by atoms with E-state index in [0.29, 0.717) is 6.07 Å². The van der Waals surface area contributed by atoms with Gasteiger partial charge in [0.25, 0.3) is 5.91 Å². The molecule has 2 heterocycles. The van der Waals surface area contributed by atoms with Crippen molar-refractivity contribution in [1.29, 1.82) is 0 Å². The third kappa shape index (κ3) is 5.70. The second kappa shape index (κ2) is 10.4. The van der Waals surface area contributed by atoms with Crippen molar-refractivity contribution in [2.45, 2.75) is 12.7 Å². The summed E-state index contributed by atoms with van der Waals surface area (Å²) in [6.45, 7) is -0.300. The number of amides is 3. The highest BCUT2D eigenvalue weighted by atomic mass is 35.5. The summed E-state index contributed by atoms with van der Waals surface area (Å²) in [6, 6.07) is 9.62. The van der Waals surface area contributed by atoms with Crippen LogP contribution in [0.1, 0.15) is 37.8 Å². The van der Waals surface area contributed by atoms with Crippen LogP contribution in [-0.2, 0) is 22.3 Å². The Labute approximate surface area is 217 Å². The molecule has 1 aliphatic heterocycles. The highest BCUT2D eigenvalue weighted by Gasteiger charge is 2.35. The highest BCUT2D eigenvalue weighted by Crippen LogP contribution is 2.31. The number of hydrogen-bond acceptors (Lipinski definition) is 7. The normalized spacial score (nSPS) is 14.6.